The monoisotopic (exact) mass is 284 g/mol. The van der Waals surface area contributed by atoms with Crippen LogP contribution < -0.4 is 9.30 Å². The van der Waals surface area contributed by atoms with E-state index >= 15 is 0 Å². The molecule has 3 rings (SSSR count). The number of aromatic nitrogens is 1. The van der Waals surface area contributed by atoms with E-state index in [1.807, 2.05) is 36.5 Å². The predicted octanol–water partition coefficient (Wildman–Crippen LogP) is 3.75. The summed E-state index contributed by atoms with van der Waals surface area (Å²) in [7, 11) is 0. The molecule has 3 aromatic rings. The van der Waals surface area contributed by atoms with Crippen LogP contribution in [0.3, 0.4) is 0 Å². The normalized spacial score (nSPS) is 10.7. The van der Waals surface area contributed by atoms with E-state index in [-0.39, 0.29) is 6.07 Å². The van der Waals surface area contributed by atoms with Crippen molar-refractivity contribution in [2.24, 2.45) is 0 Å². The third-order valence-electron chi connectivity index (χ3n) is 3.27. The molecule has 0 aliphatic carbocycles. The summed E-state index contributed by atoms with van der Waals surface area (Å²) in [5.74, 6) is 0.807. The Bertz CT molecular complexity index is 713. The average Bonchev–Trinajstić information content (AvgIpc) is 2.51. The van der Waals surface area contributed by atoms with Gasteiger partial charge in [-0.15, -0.1) is 0 Å². The van der Waals surface area contributed by atoms with Gasteiger partial charge in [-0.25, -0.2) is 0 Å². The number of halogens is 1. The summed E-state index contributed by atoms with van der Waals surface area (Å²) >= 11 is 5.78. The number of hydrogen-bond donors (Lipinski definition) is 0. The molecule has 0 radical (unpaired) electrons. The highest BCUT2D eigenvalue weighted by atomic mass is 35.5. The van der Waals surface area contributed by atoms with E-state index < -0.39 is 0 Å². The second-order valence-electron chi connectivity index (χ2n) is 4.58. The smallest absolute Gasteiger partial charge is 0.377 e. The maximum absolute atomic E-state index is 5.78. The number of ether oxygens (including phenoxy) is 1. The fraction of sp³-hybridized carbons (Fsp3) is 0.118. The lowest BCUT2D eigenvalue weighted by atomic mass is 10.1. The molecule has 0 fully saturated rings. The summed E-state index contributed by atoms with van der Waals surface area (Å²) in [6, 6.07) is 20.7. The highest BCUT2D eigenvalue weighted by Gasteiger charge is 2.16. The van der Waals surface area contributed by atoms with Crippen LogP contribution in [-0.2, 0) is 6.54 Å². The molecule has 3 heteroatoms. The van der Waals surface area contributed by atoms with Gasteiger partial charge in [-0.1, -0.05) is 60.1 Å². The summed E-state index contributed by atoms with van der Waals surface area (Å²) in [4.78, 5) is 0. The first-order valence-corrected chi connectivity index (χ1v) is 7.06. The number of rotatable bonds is 4. The Hall–Kier alpha value is -2.06. The van der Waals surface area contributed by atoms with Crippen molar-refractivity contribution in [3.05, 3.63) is 72.4 Å². The Morgan fingerprint density at radius 2 is 1.65 bits per heavy atom. The first kappa shape index (κ1) is 12.9. The van der Waals surface area contributed by atoms with Crippen molar-refractivity contribution < 1.29 is 9.30 Å². The van der Waals surface area contributed by atoms with Gasteiger partial charge in [0.05, 0.1) is 5.39 Å². The van der Waals surface area contributed by atoms with Gasteiger partial charge < -0.3 is 4.74 Å². The van der Waals surface area contributed by atoms with Crippen LogP contribution >= 0.6 is 11.6 Å². The molecular formula is C17H15ClNO+. The Morgan fingerprint density at radius 1 is 0.900 bits per heavy atom. The van der Waals surface area contributed by atoms with Crippen LogP contribution in [-0.4, -0.2) is 6.07 Å². The summed E-state index contributed by atoms with van der Waals surface area (Å²) < 4.78 is 7.73. The summed E-state index contributed by atoms with van der Waals surface area (Å²) in [6.45, 7) is 0.762. The van der Waals surface area contributed by atoms with Crippen LogP contribution in [0.25, 0.3) is 10.8 Å². The van der Waals surface area contributed by atoms with E-state index in [0.29, 0.717) is 0 Å². The third-order valence-corrected chi connectivity index (χ3v) is 3.38. The fourth-order valence-corrected chi connectivity index (χ4v) is 2.45. The SMILES string of the molecule is ClCOc1c2ccccc2cc[n+]1Cc1ccccc1. The van der Waals surface area contributed by atoms with Crippen LogP contribution in [0.5, 0.6) is 5.88 Å². The zero-order chi connectivity index (χ0) is 13.8. The van der Waals surface area contributed by atoms with Crippen molar-refractivity contribution >= 4 is 22.4 Å². The van der Waals surface area contributed by atoms with Crippen molar-refractivity contribution in [3.63, 3.8) is 0 Å². The van der Waals surface area contributed by atoms with Gasteiger partial charge in [-0.3, -0.25) is 0 Å². The number of fused-ring (bicyclic) bond motifs is 1. The highest BCUT2D eigenvalue weighted by molar-refractivity contribution is 6.17. The molecule has 0 aliphatic heterocycles. The molecule has 2 aromatic carbocycles. The lowest BCUT2D eigenvalue weighted by Gasteiger charge is -2.07. The zero-order valence-corrected chi connectivity index (χ0v) is 11.8. The first-order chi connectivity index (χ1) is 9.88. The van der Waals surface area contributed by atoms with Crippen molar-refractivity contribution in [1.82, 2.24) is 0 Å². The number of benzene rings is 2. The van der Waals surface area contributed by atoms with Gasteiger partial charge in [-0.2, -0.15) is 4.57 Å². The molecule has 0 N–H and O–H groups in total. The molecule has 0 amide bonds. The third kappa shape index (κ3) is 2.61. The lowest BCUT2D eigenvalue weighted by molar-refractivity contribution is -0.691. The number of hydrogen-bond acceptors (Lipinski definition) is 1. The van der Waals surface area contributed by atoms with E-state index in [1.165, 1.54) is 5.56 Å². The minimum absolute atomic E-state index is 0.142. The van der Waals surface area contributed by atoms with Gasteiger partial charge in [0.15, 0.2) is 18.8 Å². The molecule has 20 heavy (non-hydrogen) atoms. The number of nitrogens with zero attached hydrogens (tertiary/aromatic N) is 1. The Morgan fingerprint density at radius 3 is 2.45 bits per heavy atom. The molecule has 0 atom stereocenters. The molecular weight excluding hydrogens is 270 g/mol. The van der Waals surface area contributed by atoms with Crippen LogP contribution in [0, 0.1) is 0 Å². The molecule has 2 nitrogen and oxygen atoms in total. The number of alkyl halides is 1. The Balaban J connectivity index is 2.08. The molecule has 1 aromatic heterocycles. The van der Waals surface area contributed by atoms with Crippen molar-refractivity contribution in [2.75, 3.05) is 6.07 Å². The molecule has 1 heterocycles. The summed E-state index contributed by atoms with van der Waals surface area (Å²) in [5.41, 5.74) is 1.23. The molecule has 0 unspecified atom stereocenters. The van der Waals surface area contributed by atoms with Crippen molar-refractivity contribution in [2.45, 2.75) is 6.54 Å². The van der Waals surface area contributed by atoms with Gasteiger partial charge in [0.25, 0.3) is 0 Å². The minimum atomic E-state index is 0.142. The summed E-state index contributed by atoms with van der Waals surface area (Å²) in [6.07, 6.45) is 2.04. The van der Waals surface area contributed by atoms with Gasteiger partial charge in [0.2, 0.25) is 0 Å². The summed E-state index contributed by atoms with van der Waals surface area (Å²) in [5, 5.41) is 2.23. The second kappa shape index (κ2) is 5.93. The molecule has 0 saturated carbocycles. The lowest BCUT2D eigenvalue weighted by Crippen LogP contribution is -2.36. The van der Waals surface area contributed by atoms with E-state index in [1.54, 1.807) is 0 Å². The second-order valence-corrected chi connectivity index (χ2v) is 4.79. The molecule has 0 saturated heterocycles. The largest absolute Gasteiger partial charge is 0.428 e. The molecule has 0 aliphatic rings. The van der Waals surface area contributed by atoms with Crippen LogP contribution in [0.15, 0.2) is 66.9 Å². The maximum atomic E-state index is 5.78. The minimum Gasteiger partial charge on any atom is -0.428 e. The molecule has 0 spiro atoms. The first-order valence-electron chi connectivity index (χ1n) is 6.52. The fourth-order valence-electron chi connectivity index (χ4n) is 2.35. The van der Waals surface area contributed by atoms with E-state index in [0.717, 1.165) is 23.2 Å². The molecule has 0 bridgehead atoms. The van der Waals surface area contributed by atoms with Crippen LogP contribution in [0.2, 0.25) is 0 Å². The molecule has 100 valence electrons. The predicted molar refractivity (Wildman–Crippen MR) is 81.0 cm³/mol. The highest BCUT2D eigenvalue weighted by Crippen LogP contribution is 2.22. The van der Waals surface area contributed by atoms with Gasteiger partial charge in [0, 0.05) is 11.6 Å². The van der Waals surface area contributed by atoms with Crippen molar-refractivity contribution in [1.29, 1.82) is 0 Å². The number of pyridine rings is 1. The average molecular weight is 285 g/mol. The Kier molecular flexibility index (Phi) is 3.84. The van der Waals surface area contributed by atoms with Crippen molar-refractivity contribution in [3.8, 4) is 5.88 Å². The van der Waals surface area contributed by atoms with Gasteiger partial charge >= 0.3 is 5.88 Å². The zero-order valence-electron chi connectivity index (χ0n) is 11.0. The topological polar surface area (TPSA) is 13.1 Å². The van der Waals surface area contributed by atoms with E-state index in [9.17, 15) is 0 Å². The maximum Gasteiger partial charge on any atom is 0.377 e. The van der Waals surface area contributed by atoms with E-state index in [2.05, 4.69) is 34.9 Å². The van der Waals surface area contributed by atoms with Gasteiger partial charge in [-0.05, 0) is 11.5 Å². The quantitative estimate of drug-likeness (QED) is 0.525. The van der Waals surface area contributed by atoms with Gasteiger partial charge in [0.1, 0.15) is 0 Å². The van der Waals surface area contributed by atoms with Crippen LogP contribution in [0.4, 0.5) is 0 Å². The van der Waals surface area contributed by atoms with Crippen LogP contribution in [0.1, 0.15) is 5.56 Å². The van der Waals surface area contributed by atoms with E-state index in [4.69, 9.17) is 16.3 Å². The Labute approximate surface area is 123 Å². The standard InChI is InChI=1S/C17H15ClNO/c18-13-20-17-16-9-5-4-8-15(16)10-11-19(17)12-14-6-2-1-3-7-14/h1-11H,12-13H2/q+1.